The van der Waals surface area contributed by atoms with Crippen LogP contribution in [0.2, 0.25) is 0 Å². The van der Waals surface area contributed by atoms with Gasteiger partial charge < -0.3 is 11.1 Å². The molecule has 0 radical (unpaired) electrons. The third kappa shape index (κ3) is 3.34. The molecule has 1 fully saturated rings. The van der Waals surface area contributed by atoms with Crippen LogP contribution < -0.4 is 11.1 Å². The highest BCUT2D eigenvalue weighted by atomic mass is 16.2. The average molecular weight is 279 g/mol. The van der Waals surface area contributed by atoms with Crippen LogP contribution in [0.1, 0.15) is 61.9 Å². The zero-order chi connectivity index (χ0) is 14.7. The van der Waals surface area contributed by atoms with Crippen LogP contribution in [0.15, 0.2) is 0 Å². The number of hydrogen-bond donors (Lipinski definition) is 3. The first kappa shape index (κ1) is 14.5. The topological polar surface area (TPSA) is 114 Å². The molecule has 20 heavy (non-hydrogen) atoms. The molecule has 1 saturated carbocycles. The second-order valence-corrected chi connectivity index (χ2v) is 5.62. The summed E-state index contributed by atoms with van der Waals surface area (Å²) in [5.41, 5.74) is 5.29. The van der Waals surface area contributed by atoms with Crippen LogP contribution in [0, 0.1) is 5.92 Å². The Kier molecular flexibility index (Phi) is 4.36. The third-order valence-electron chi connectivity index (χ3n) is 3.72. The molecule has 1 aliphatic rings. The SMILES string of the molecule is CC(C)c1nc(C(=O)NC2CCC(C(N)=O)CC2)n[nH]1. The van der Waals surface area contributed by atoms with Crippen LogP contribution in [-0.4, -0.2) is 33.0 Å². The summed E-state index contributed by atoms with van der Waals surface area (Å²) in [6, 6.07) is 0.0686. The maximum Gasteiger partial charge on any atom is 0.291 e. The molecule has 0 aromatic carbocycles. The van der Waals surface area contributed by atoms with Crippen molar-refractivity contribution in [2.75, 3.05) is 0 Å². The van der Waals surface area contributed by atoms with Gasteiger partial charge in [-0.3, -0.25) is 14.7 Å². The Labute approximate surface area is 117 Å². The van der Waals surface area contributed by atoms with Crippen molar-refractivity contribution in [3.05, 3.63) is 11.6 Å². The second-order valence-electron chi connectivity index (χ2n) is 5.62. The smallest absolute Gasteiger partial charge is 0.291 e. The largest absolute Gasteiger partial charge is 0.369 e. The van der Waals surface area contributed by atoms with Crippen molar-refractivity contribution < 1.29 is 9.59 Å². The van der Waals surface area contributed by atoms with Crippen LogP contribution in [-0.2, 0) is 4.79 Å². The van der Waals surface area contributed by atoms with Crippen LogP contribution in [0.25, 0.3) is 0 Å². The van der Waals surface area contributed by atoms with Crippen LogP contribution in [0.4, 0.5) is 0 Å². The van der Waals surface area contributed by atoms with Crippen LogP contribution in [0.3, 0.4) is 0 Å². The van der Waals surface area contributed by atoms with E-state index in [0.717, 1.165) is 25.7 Å². The lowest BCUT2D eigenvalue weighted by Gasteiger charge is -2.26. The highest BCUT2D eigenvalue weighted by molar-refractivity contribution is 5.90. The first-order valence-corrected chi connectivity index (χ1v) is 7.00. The summed E-state index contributed by atoms with van der Waals surface area (Å²) < 4.78 is 0. The molecule has 1 aromatic heterocycles. The van der Waals surface area contributed by atoms with Gasteiger partial charge >= 0.3 is 0 Å². The molecule has 0 aliphatic heterocycles. The second kappa shape index (κ2) is 6.02. The van der Waals surface area contributed by atoms with E-state index in [-0.39, 0.29) is 35.5 Å². The maximum atomic E-state index is 12.0. The van der Waals surface area contributed by atoms with E-state index in [1.165, 1.54) is 0 Å². The lowest BCUT2D eigenvalue weighted by molar-refractivity contribution is -0.122. The number of rotatable bonds is 4. The van der Waals surface area contributed by atoms with Crippen molar-refractivity contribution in [1.29, 1.82) is 0 Å². The summed E-state index contributed by atoms with van der Waals surface area (Å²) >= 11 is 0. The van der Waals surface area contributed by atoms with E-state index in [2.05, 4.69) is 20.5 Å². The molecular weight excluding hydrogens is 258 g/mol. The number of nitrogens with one attached hydrogen (secondary N) is 2. The maximum absolute atomic E-state index is 12.0. The summed E-state index contributed by atoms with van der Waals surface area (Å²) in [6.45, 7) is 3.96. The molecule has 0 spiro atoms. The lowest BCUT2D eigenvalue weighted by Crippen LogP contribution is -2.40. The lowest BCUT2D eigenvalue weighted by atomic mass is 9.85. The monoisotopic (exact) mass is 279 g/mol. The molecule has 0 atom stereocenters. The van der Waals surface area contributed by atoms with Gasteiger partial charge in [0.1, 0.15) is 5.82 Å². The average Bonchev–Trinajstić information content (AvgIpc) is 2.89. The molecule has 0 bridgehead atoms. The molecule has 1 aromatic rings. The summed E-state index contributed by atoms with van der Waals surface area (Å²) in [5, 5.41) is 9.60. The summed E-state index contributed by atoms with van der Waals surface area (Å²) in [4.78, 5) is 27.3. The van der Waals surface area contributed by atoms with E-state index in [0.29, 0.717) is 5.82 Å². The zero-order valence-electron chi connectivity index (χ0n) is 11.8. The van der Waals surface area contributed by atoms with Crippen molar-refractivity contribution in [2.45, 2.75) is 51.5 Å². The fraction of sp³-hybridized carbons (Fsp3) is 0.692. The summed E-state index contributed by atoms with van der Waals surface area (Å²) in [5.74, 6) is 0.508. The van der Waals surface area contributed by atoms with Gasteiger partial charge in [0, 0.05) is 17.9 Å². The number of H-pyrrole nitrogens is 1. The fourth-order valence-corrected chi connectivity index (χ4v) is 2.41. The summed E-state index contributed by atoms with van der Waals surface area (Å²) in [7, 11) is 0. The number of aromatic nitrogens is 3. The summed E-state index contributed by atoms with van der Waals surface area (Å²) in [6.07, 6.45) is 2.98. The first-order valence-electron chi connectivity index (χ1n) is 7.00. The van der Waals surface area contributed by atoms with E-state index >= 15 is 0 Å². The van der Waals surface area contributed by atoms with Gasteiger partial charge in [0.25, 0.3) is 5.91 Å². The highest BCUT2D eigenvalue weighted by Crippen LogP contribution is 2.24. The van der Waals surface area contributed by atoms with Gasteiger partial charge in [0.2, 0.25) is 11.7 Å². The molecule has 2 amide bonds. The molecule has 7 heteroatoms. The molecule has 1 heterocycles. The Balaban J connectivity index is 1.87. The number of nitrogens with zero attached hydrogens (tertiary/aromatic N) is 2. The number of aromatic amines is 1. The predicted octanol–water partition coefficient (Wildman–Crippen LogP) is 0.702. The van der Waals surface area contributed by atoms with Gasteiger partial charge in [-0.2, -0.15) is 0 Å². The minimum Gasteiger partial charge on any atom is -0.369 e. The first-order chi connectivity index (χ1) is 9.47. The number of hydrogen-bond acceptors (Lipinski definition) is 4. The van der Waals surface area contributed by atoms with Crippen molar-refractivity contribution >= 4 is 11.8 Å². The van der Waals surface area contributed by atoms with E-state index in [1.807, 2.05) is 13.8 Å². The molecule has 2 rings (SSSR count). The molecule has 7 nitrogen and oxygen atoms in total. The van der Waals surface area contributed by atoms with Gasteiger partial charge in [0.15, 0.2) is 0 Å². The van der Waals surface area contributed by atoms with E-state index < -0.39 is 0 Å². The number of carbonyl (C=O) groups excluding carboxylic acids is 2. The van der Waals surface area contributed by atoms with Crippen molar-refractivity contribution in [2.24, 2.45) is 11.7 Å². The number of amides is 2. The Morgan fingerprint density at radius 2 is 1.95 bits per heavy atom. The Morgan fingerprint density at radius 1 is 1.30 bits per heavy atom. The molecule has 0 unspecified atom stereocenters. The zero-order valence-corrected chi connectivity index (χ0v) is 11.8. The predicted molar refractivity (Wildman–Crippen MR) is 72.9 cm³/mol. The number of primary amides is 1. The number of carbonyl (C=O) groups is 2. The quantitative estimate of drug-likeness (QED) is 0.752. The minimum atomic E-state index is -0.268. The molecule has 1 aliphatic carbocycles. The van der Waals surface area contributed by atoms with Crippen molar-refractivity contribution in [3.63, 3.8) is 0 Å². The normalized spacial score (nSPS) is 22.8. The molecule has 4 N–H and O–H groups in total. The molecule has 0 saturated heterocycles. The van der Waals surface area contributed by atoms with Crippen molar-refractivity contribution in [3.8, 4) is 0 Å². The van der Waals surface area contributed by atoms with E-state index in [9.17, 15) is 9.59 Å². The van der Waals surface area contributed by atoms with Crippen molar-refractivity contribution in [1.82, 2.24) is 20.5 Å². The number of nitrogens with two attached hydrogens (primary N) is 1. The Morgan fingerprint density at radius 3 is 2.45 bits per heavy atom. The third-order valence-corrected chi connectivity index (χ3v) is 3.72. The highest BCUT2D eigenvalue weighted by Gasteiger charge is 2.26. The molecule has 110 valence electrons. The van der Waals surface area contributed by atoms with Crippen LogP contribution >= 0.6 is 0 Å². The molecular formula is C13H21N5O2. The fourth-order valence-electron chi connectivity index (χ4n) is 2.41. The van der Waals surface area contributed by atoms with E-state index in [1.54, 1.807) is 0 Å². The standard InChI is InChI=1S/C13H21N5O2/c1-7(2)11-16-12(18-17-11)13(20)15-9-5-3-8(4-6-9)10(14)19/h7-9H,3-6H2,1-2H3,(H2,14,19)(H,15,20)(H,16,17,18). The van der Waals surface area contributed by atoms with E-state index in [4.69, 9.17) is 5.73 Å². The van der Waals surface area contributed by atoms with Crippen LogP contribution in [0.5, 0.6) is 0 Å². The van der Waals surface area contributed by atoms with Gasteiger partial charge in [-0.1, -0.05) is 13.8 Å². The van der Waals surface area contributed by atoms with Gasteiger partial charge in [-0.15, -0.1) is 5.10 Å². The van der Waals surface area contributed by atoms with Gasteiger partial charge in [-0.05, 0) is 25.7 Å². The Bertz CT molecular complexity index is 489. The van der Waals surface area contributed by atoms with Gasteiger partial charge in [-0.25, -0.2) is 4.98 Å². The Hall–Kier alpha value is -1.92. The minimum absolute atomic E-state index is 0.0563. The van der Waals surface area contributed by atoms with Gasteiger partial charge in [0.05, 0.1) is 0 Å².